The summed E-state index contributed by atoms with van der Waals surface area (Å²) < 4.78 is 1.74. The summed E-state index contributed by atoms with van der Waals surface area (Å²) in [6, 6.07) is 10.6. The number of anilines is 2. The van der Waals surface area contributed by atoms with Gasteiger partial charge in [-0.05, 0) is 42.9 Å². The molecule has 0 radical (unpaired) electrons. The maximum atomic E-state index is 11.9. The van der Waals surface area contributed by atoms with Crippen molar-refractivity contribution < 1.29 is 9.59 Å². The SMILES string of the molecule is O=C1NC(=O)/C(=C/c2cnn3c(NC4CC4)cc(N[C@@H]4CCc5ccccc54)nc23)N1. The lowest BCUT2D eigenvalue weighted by molar-refractivity contribution is -0.115. The van der Waals surface area contributed by atoms with Gasteiger partial charge in [-0.2, -0.15) is 9.61 Å². The third-order valence-electron chi connectivity index (χ3n) is 5.90. The zero-order valence-corrected chi connectivity index (χ0v) is 16.7. The van der Waals surface area contributed by atoms with Crippen molar-refractivity contribution in [1.82, 2.24) is 25.2 Å². The largest absolute Gasteiger partial charge is 0.367 e. The van der Waals surface area contributed by atoms with Gasteiger partial charge in [-0.3, -0.25) is 10.1 Å². The molecule has 3 aliphatic rings. The summed E-state index contributed by atoms with van der Waals surface area (Å²) in [5.41, 5.74) is 4.13. The minimum absolute atomic E-state index is 0.182. The summed E-state index contributed by atoms with van der Waals surface area (Å²) in [5, 5.41) is 16.3. The molecule has 2 fully saturated rings. The first-order valence-corrected chi connectivity index (χ1v) is 10.5. The van der Waals surface area contributed by atoms with Crippen LogP contribution in [0.25, 0.3) is 11.7 Å². The molecule has 0 bridgehead atoms. The van der Waals surface area contributed by atoms with Crippen molar-refractivity contribution in [3.05, 3.63) is 58.9 Å². The van der Waals surface area contributed by atoms with Gasteiger partial charge in [0.1, 0.15) is 17.3 Å². The van der Waals surface area contributed by atoms with Gasteiger partial charge in [0.05, 0.1) is 12.2 Å². The highest BCUT2D eigenvalue weighted by molar-refractivity contribution is 6.14. The van der Waals surface area contributed by atoms with Crippen LogP contribution in [0.3, 0.4) is 0 Å². The number of benzene rings is 1. The Morgan fingerprint density at radius 3 is 2.77 bits per heavy atom. The second kappa shape index (κ2) is 6.83. The summed E-state index contributed by atoms with van der Waals surface area (Å²) in [4.78, 5) is 28.2. The van der Waals surface area contributed by atoms with Crippen LogP contribution in [0.2, 0.25) is 0 Å². The number of aryl methyl sites for hydroxylation is 1. The highest BCUT2D eigenvalue weighted by atomic mass is 16.2. The summed E-state index contributed by atoms with van der Waals surface area (Å²) in [6.45, 7) is 0. The molecule has 1 saturated carbocycles. The zero-order chi connectivity index (χ0) is 20.9. The Morgan fingerprint density at radius 1 is 1.10 bits per heavy atom. The van der Waals surface area contributed by atoms with Crippen molar-refractivity contribution in [2.45, 2.75) is 37.8 Å². The van der Waals surface area contributed by atoms with E-state index in [1.54, 1.807) is 16.8 Å². The van der Waals surface area contributed by atoms with E-state index in [1.807, 2.05) is 6.07 Å². The molecule has 3 aromatic rings. The summed E-state index contributed by atoms with van der Waals surface area (Å²) in [5.74, 6) is 1.14. The molecule has 3 amide bonds. The zero-order valence-electron chi connectivity index (χ0n) is 16.7. The number of amides is 3. The molecule has 4 N–H and O–H groups in total. The molecular weight excluding hydrogens is 394 g/mol. The van der Waals surface area contributed by atoms with Crippen molar-refractivity contribution in [3.8, 4) is 0 Å². The van der Waals surface area contributed by atoms with Gasteiger partial charge in [0, 0.05) is 17.7 Å². The van der Waals surface area contributed by atoms with Gasteiger partial charge >= 0.3 is 6.03 Å². The standard InChI is InChI=1S/C22H21N7O2/c30-21-17(26-22(31)28-21)9-13-11-23-29-19(24-14-6-7-14)10-18(27-20(13)29)25-16-8-5-12-3-1-2-4-15(12)16/h1-4,9-11,14,16,24H,5-8H2,(H,25,27)(H2,26,28,30,31)/b17-9-/t16-/m1/s1. The Hall–Kier alpha value is -3.88. The van der Waals surface area contributed by atoms with Crippen molar-refractivity contribution in [2.24, 2.45) is 0 Å². The smallest absolute Gasteiger partial charge is 0.326 e. The van der Waals surface area contributed by atoms with Gasteiger partial charge in [0.25, 0.3) is 5.91 Å². The van der Waals surface area contributed by atoms with E-state index in [1.165, 1.54) is 11.1 Å². The first kappa shape index (κ1) is 17.9. The average molecular weight is 415 g/mol. The van der Waals surface area contributed by atoms with Crippen LogP contribution < -0.4 is 21.3 Å². The van der Waals surface area contributed by atoms with Crippen molar-refractivity contribution >= 4 is 35.3 Å². The quantitative estimate of drug-likeness (QED) is 0.376. The lowest BCUT2D eigenvalue weighted by Crippen LogP contribution is -2.22. The van der Waals surface area contributed by atoms with Crippen molar-refractivity contribution in [2.75, 3.05) is 10.6 Å². The fourth-order valence-electron chi connectivity index (χ4n) is 4.22. The van der Waals surface area contributed by atoms with Crippen LogP contribution in [0.4, 0.5) is 16.4 Å². The molecule has 1 aliphatic heterocycles. The van der Waals surface area contributed by atoms with Crippen LogP contribution in [0.15, 0.2) is 42.2 Å². The van der Waals surface area contributed by atoms with E-state index in [0.717, 1.165) is 37.3 Å². The number of imide groups is 1. The Morgan fingerprint density at radius 2 is 1.97 bits per heavy atom. The predicted molar refractivity (Wildman–Crippen MR) is 115 cm³/mol. The Labute approximate surface area is 177 Å². The number of nitrogens with zero attached hydrogens (tertiary/aromatic N) is 3. The number of rotatable bonds is 5. The number of carbonyl (C=O) groups excluding carboxylic acids is 2. The van der Waals surface area contributed by atoms with Crippen LogP contribution in [-0.2, 0) is 11.2 Å². The molecule has 31 heavy (non-hydrogen) atoms. The van der Waals surface area contributed by atoms with Crippen LogP contribution in [0.1, 0.15) is 42.0 Å². The number of aromatic nitrogens is 3. The minimum atomic E-state index is -0.529. The maximum Gasteiger partial charge on any atom is 0.326 e. The van der Waals surface area contributed by atoms with Crippen LogP contribution in [0, 0.1) is 0 Å². The van der Waals surface area contributed by atoms with Gasteiger partial charge in [-0.15, -0.1) is 0 Å². The summed E-state index contributed by atoms with van der Waals surface area (Å²) >= 11 is 0. The maximum absolute atomic E-state index is 11.9. The molecule has 1 atom stereocenters. The molecule has 9 heteroatoms. The third kappa shape index (κ3) is 3.27. The molecule has 2 aromatic heterocycles. The van der Waals surface area contributed by atoms with Crippen LogP contribution >= 0.6 is 0 Å². The number of nitrogens with one attached hydrogen (secondary N) is 4. The molecule has 0 spiro atoms. The fourth-order valence-corrected chi connectivity index (χ4v) is 4.22. The highest BCUT2D eigenvalue weighted by Crippen LogP contribution is 2.34. The molecule has 6 rings (SSSR count). The number of urea groups is 1. The second-order valence-corrected chi connectivity index (χ2v) is 8.18. The Balaban J connectivity index is 1.40. The number of hydrogen-bond donors (Lipinski definition) is 4. The van der Waals surface area contributed by atoms with E-state index in [2.05, 4.69) is 50.6 Å². The summed E-state index contributed by atoms with van der Waals surface area (Å²) in [6.07, 6.45) is 7.58. The normalized spacial score (nSPS) is 21.3. The minimum Gasteiger partial charge on any atom is -0.367 e. The molecule has 3 heterocycles. The molecular formula is C22H21N7O2. The topological polar surface area (TPSA) is 112 Å². The monoisotopic (exact) mass is 415 g/mol. The van der Waals surface area contributed by atoms with E-state index in [4.69, 9.17) is 4.98 Å². The van der Waals surface area contributed by atoms with E-state index in [9.17, 15) is 9.59 Å². The fraction of sp³-hybridized carbons (Fsp3) is 0.273. The van der Waals surface area contributed by atoms with Crippen LogP contribution in [0.5, 0.6) is 0 Å². The molecule has 0 unspecified atom stereocenters. The van der Waals surface area contributed by atoms with Gasteiger partial charge in [0.15, 0.2) is 5.65 Å². The lowest BCUT2D eigenvalue weighted by atomic mass is 10.1. The molecule has 1 aromatic carbocycles. The second-order valence-electron chi connectivity index (χ2n) is 8.18. The number of hydrogen-bond acceptors (Lipinski definition) is 6. The highest BCUT2D eigenvalue weighted by Gasteiger charge is 2.26. The Kier molecular flexibility index (Phi) is 3.95. The van der Waals surface area contributed by atoms with Gasteiger partial charge in [-0.1, -0.05) is 24.3 Å². The van der Waals surface area contributed by atoms with Gasteiger partial charge in [-0.25, -0.2) is 9.78 Å². The Bertz CT molecular complexity index is 1260. The molecule has 156 valence electrons. The van der Waals surface area contributed by atoms with Crippen molar-refractivity contribution in [1.29, 1.82) is 0 Å². The molecule has 9 nitrogen and oxygen atoms in total. The van der Waals surface area contributed by atoms with Gasteiger partial charge in [0.2, 0.25) is 0 Å². The molecule has 1 saturated heterocycles. The number of fused-ring (bicyclic) bond motifs is 2. The lowest BCUT2D eigenvalue weighted by Gasteiger charge is -2.17. The first-order valence-electron chi connectivity index (χ1n) is 10.5. The first-order chi connectivity index (χ1) is 15.1. The van der Waals surface area contributed by atoms with E-state index >= 15 is 0 Å². The van der Waals surface area contributed by atoms with Crippen LogP contribution in [-0.4, -0.2) is 32.6 Å². The average Bonchev–Trinajstić information content (AvgIpc) is 3.20. The van der Waals surface area contributed by atoms with E-state index in [0.29, 0.717) is 17.3 Å². The van der Waals surface area contributed by atoms with E-state index in [-0.39, 0.29) is 11.7 Å². The van der Waals surface area contributed by atoms with Gasteiger partial charge < -0.3 is 16.0 Å². The van der Waals surface area contributed by atoms with E-state index < -0.39 is 11.9 Å². The van der Waals surface area contributed by atoms with Crippen molar-refractivity contribution in [3.63, 3.8) is 0 Å². The third-order valence-corrected chi connectivity index (χ3v) is 5.90. The summed E-state index contributed by atoms with van der Waals surface area (Å²) in [7, 11) is 0. The predicted octanol–water partition coefficient (Wildman–Crippen LogP) is 2.58. The number of carbonyl (C=O) groups is 2. The molecule has 2 aliphatic carbocycles.